The molecule has 0 atom stereocenters. The van der Waals surface area contributed by atoms with Gasteiger partial charge in [-0.05, 0) is 24.2 Å². The van der Waals surface area contributed by atoms with Crippen LogP contribution in [0.5, 0.6) is 5.75 Å². The molecule has 3 nitrogen and oxygen atoms in total. The van der Waals surface area contributed by atoms with E-state index in [1.165, 1.54) is 0 Å². The Kier molecular flexibility index (Phi) is 2.85. The van der Waals surface area contributed by atoms with E-state index in [0.717, 1.165) is 5.56 Å². The van der Waals surface area contributed by atoms with Crippen molar-refractivity contribution in [3.05, 3.63) is 29.7 Å². The molecule has 1 aromatic rings. The molecule has 0 radical (unpaired) electrons. The fourth-order valence-electron chi connectivity index (χ4n) is 1.16. The first-order valence-corrected chi connectivity index (χ1v) is 3.68. The summed E-state index contributed by atoms with van der Waals surface area (Å²) in [5, 5.41) is 9.08. The maximum absolute atomic E-state index is 9.08. The minimum Gasteiger partial charge on any atom is -0.532 e. The SMILES string of the molecule is Cl.Nc1ccc2c(c1)C=CB(O)O2. The standard InChI is InChI=1S/C8H8BNO2.ClH/c10-7-1-2-8-6(5-7)3-4-9(11)12-8;/h1-5,11H,10H2;1H. The first-order chi connectivity index (χ1) is 5.75. The van der Waals surface area contributed by atoms with Crippen LogP contribution in [0, 0.1) is 0 Å². The van der Waals surface area contributed by atoms with Gasteiger partial charge in [-0.3, -0.25) is 0 Å². The zero-order chi connectivity index (χ0) is 8.55. The van der Waals surface area contributed by atoms with Crippen molar-refractivity contribution in [2.75, 3.05) is 5.73 Å². The lowest BCUT2D eigenvalue weighted by Gasteiger charge is -2.14. The van der Waals surface area contributed by atoms with Gasteiger partial charge in [-0.25, -0.2) is 0 Å². The molecule has 13 heavy (non-hydrogen) atoms. The minimum atomic E-state index is -0.832. The Morgan fingerprint density at radius 3 is 2.92 bits per heavy atom. The van der Waals surface area contributed by atoms with Crippen molar-refractivity contribution in [2.45, 2.75) is 0 Å². The van der Waals surface area contributed by atoms with Gasteiger partial charge in [-0.2, -0.15) is 0 Å². The first-order valence-electron chi connectivity index (χ1n) is 3.68. The van der Waals surface area contributed by atoms with E-state index < -0.39 is 7.12 Å². The second-order valence-corrected chi connectivity index (χ2v) is 2.66. The van der Waals surface area contributed by atoms with E-state index >= 15 is 0 Å². The summed E-state index contributed by atoms with van der Waals surface area (Å²) < 4.78 is 5.10. The molecule has 1 aliphatic rings. The lowest BCUT2D eigenvalue weighted by atomic mass is 9.86. The molecule has 0 aromatic heterocycles. The van der Waals surface area contributed by atoms with Crippen molar-refractivity contribution < 1.29 is 9.68 Å². The molecule has 0 aliphatic carbocycles. The Hall–Kier alpha value is -1.13. The number of anilines is 1. The van der Waals surface area contributed by atoms with Gasteiger partial charge in [0.15, 0.2) is 0 Å². The zero-order valence-electron chi connectivity index (χ0n) is 6.81. The molecule has 1 heterocycles. The van der Waals surface area contributed by atoms with Crippen molar-refractivity contribution in [1.29, 1.82) is 0 Å². The molecule has 0 saturated heterocycles. The van der Waals surface area contributed by atoms with Gasteiger partial charge in [0.05, 0.1) is 0 Å². The highest BCUT2D eigenvalue weighted by Crippen LogP contribution is 2.25. The molecular weight excluding hydrogens is 188 g/mol. The van der Waals surface area contributed by atoms with Gasteiger partial charge in [0.2, 0.25) is 0 Å². The molecule has 0 unspecified atom stereocenters. The number of nitrogen functional groups attached to an aromatic ring is 1. The highest BCUT2D eigenvalue weighted by molar-refractivity contribution is 6.51. The summed E-state index contributed by atoms with van der Waals surface area (Å²) in [4.78, 5) is 0. The molecule has 0 saturated carbocycles. The Morgan fingerprint density at radius 1 is 1.38 bits per heavy atom. The third kappa shape index (κ3) is 1.97. The van der Waals surface area contributed by atoms with Gasteiger partial charge in [0.25, 0.3) is 0 Å². The lowest BCUT2D eigenvalue weighted by Crippen LogP contribution is -2.21. The highest BCUT2D eigenvalue weighted by Gasteiger charge is 2.17. The number of nitrogens with two attached hydrogens (primary N) is 1. The van der Waals surface area contributed by atoms with E-state index in [0.29, 0.717) is 11.4 Å². The van der Waals surface area contributed by atoms with Crippen molar-refractivity contribution >= 4 is 31.3 Å². The predicted octanol–water partition coefficient (Wildman–Crippen LogP) is 1.12. The summed E-state index contributed by atoms with van der Waals surface area (Å²) in [6, 6.07) is 5.29. The quantitative estimate of drug-likeness (QED) is 0.484. The maximum Gasteiger partial charge on any atom is 0.552 e. The monoisotopic (exact) mass is 197 g/mol. The molecule has 68 valence electrons. The van der Waals surface area contributed by atoms with E-state index in [-0.39, 0.29) is 12.4 Å². The molecule has 0 fully saturated rings. The number of benzene rings is 1. The van der Waals surface area contributed by atoms with Gasteiger partial charge in [0, 0.05) is 11.3 Å². The third-order valence-electron chi connectivity index (χ3n) is 1.72. The van der Waals surface area contributed by atoms with Gasteiger partial charge in [0.1, 0.15) is 5.75 Å². The average molecular weight is 197 g/mol. The molecule has 1 aromatic carbocycles. The van der Waals surface area contributed by atoms with Gasteiger partial charge in [-0.15, -0.1) is 12.4 Å². The summed E-state index contributed by atoms with van der Waals surface area (Å²) in [5.41, 5.74) is 7.16. The Bertz CT molecular complexity index is 343. The fourth-order valence-corrected chi connectivity index (χ4v) is 1.16. The Balaban J connectivity index is 0.000000845. The topological polar surface area (TPSA) is 55.5 Å². The van der Waals surface area contributed by atoms with Crippen LogP contribution in [0.15, 0.2) is 24.2 Å². The minimum absolute atomic E-state index is 0. The number of halogens is 1. The molecule has 0 amide bonds. The van der Waals surface area contributed by atoms with Crippen molar-refractivity contribution in [3.63, 3.8) is 0 Å². The summed E-state index contributed by atoms with van der Waals surface area (Å²) in [5.74, 6) is 2.24. The van der Waals surface area contributed by atoms with Crippen LogP contribution in [-0.4, -0.2) is 12.1 Å². The summed E-state index contributed by atoms with van der Waals surface area (Å²) in [6.07, 6.45) is 1.79. The molecule has 0 spiro atoms. The van der Waals surface area contributed by atoms with Crippen LogP contribution in [0.3, 0.4) is 0 Å². The Morgan fingerprint density at radius 2 is 2.15 bits per heavy atom. The predicted molar refractivity (Wildman–Crippen MR) is 55.7 cm³/mol. The summed E-state index contributed by atoms with van der Waals surface area (Å²) >= 11 is 0. The van der Waals surface area contributed by atoms with E-state index in [2.05, 4.69) is 0 Å². The largest absolute Gasteiger partial charge is 0.552 e. The van der Waals surface area contributed by atoms with E-state index in [9.17, 15) is 0 Å². The highest BCUT2D eigenvalue weighted by atomic mass is 35.5. The zero-order valence-corrected chi connectivity index (χ0v) is 7.62. The van der Waals surface area contributed by atoms with Crippen LogP contribution < -0.4 is 10.4 Å². The second kappa shape index (κ2) is 3.72. The number of fused-ring (bicyclic) bond motifs is 1. The molecular formula is C8H9BClNO2. The number of hydrogen-bond donors (Lipinski definition) is 2. The first kappa shape index (κ1) is 9.96. The Labute approximate surface area is 82.8 Å². The lowest BCUT2D eigenvalue weighted by molar-refractivity contribution is 0.428. The average Bonchev–Trinajstić information content (AvgIpc) is 2.05. The van der Waals surface area contributed by atoms with Crippen LogP contribution >= 0.6 is 12.4 Å². The van der Waals surface area contributed by atoms with E-state index in [1.54, 1.807) is 30.3 Å². The number of hydrogen-bond acceptors (Lipinski definition) is 3. The van der Waals surface area contributed by atoms with Gasteiger partial charge >= 0.3 is 7.12 Å². The molecule has 3 N–H and O–H groups in total. The molecule has 2 rings (SSSR count). The smallest absolute Gasteiger partial charge is 0.532 e. The fraction of sp³-hybridized carbons (Fsp3) is 0. The van der Waals surface area contributed by atoms with Crippen molar-refractivity contribution in [1.82, 2.24) is 0 Å². The normalized spacial score (nSPS) is 12.8. The third-order valence-corrected chi connectivity index (χ3v) is 1.72. The molecule has 1 aliphatic heterocycles. The second-order valence-electron chi connectivity index (χ2n) is 2.66. The van der Waals surface area contributed by atoms with Crippen LogP contribution in [0.4, 0.5) is 5.69 Å². The van der Waals surface area contributed by atoms with Gasteiger partial charge < -0.3 is 15.4 Å². The van der Waals surface area contributed by atoms with Gasteiger partial charge in [-0.1, -0.05) is 6.08 Å². The van der Waals surface area contributed by atoms with E-state index in [1.807, 2.05) is 0 Å². The van der Waals surface area contributed by atoms with Crippen LogP contribution in [0.2, 0.25) is 0 Å². The summed E-state index contributed by atoms with van der Waals surface area (Å²) in [7, 11) is -0.832. The maximum atomic E-state index is 9.08. The van der Waals surface area contributed by atoms with E-state index in [4.69, 9.17) is 15.4 Å². The van der Waals surface area contributed by atoms with Crippen LogP contribution in [0.1, 0.15) is 5.56 Å². The van der Waals surface area contributed by atoms with Crippen molar-refractivity contribution in [3.8, 4) is 5.75 Å². The van der Waals surface area contributed by atoms with Crippen LogP contribution in [0.25, 0.3) is 6.08 Å². The van der Waals surface area contributed by atoms with Crippen LogP contribution in [-0.2, 0) is 0 Å². The number of rotatable bonds is 0. The molecule has 5 heteroatoms. The molecule has 0 bridgehead atoms. The van der Waals surface area contributed by atoms with Crippen molar-refractivity contribution in [2.24, 2.45) is 0 Å². The summed E-state index contributed by atoms with van der Waals surface area (Å²) in [6.45, 7) is 0.